The summed E-state index contributed by atoms with van der Waals surface area (Å²) in [5.74, 6) is -0.718. The third-order valence-electron chi connectivity index (χ3n) is 9.13. The van der Waals surface area contributed by atoms with E-state index in [0.29, 0.717) is 53.4 Å². The van der Waals surface area contributed by atoms with Crippen LogP contribution in [0.4, 0.5) is 17.1 Å². The lowest BCUT2D eigenvalue weighted by molar-refractivity contribution is 0.0343. The first-order chi connectivity index (χ1) is 25.1. The molecule has 2 heterocycles. The summed E-state index contributed by atoms with van der Waals surface area (Å²) in [5, 5.41) is 18.7. The number of nitrogens with two attached hydrogens (primary N) is 1. The van der Waals surface area contributed by atoms with Crippen molar-refractivity contribution < 1.29 is 24.2 Å². The third kappa shape index (κ3) is 8.31. The summed E-state index contributed by atoms with van der Waals surface area (Å²) in [7, 11) is 1.98. The molecular weight excluding hydrogens is 677 g/mol. The van der Waals surface area contributed by atoms with Gasteiger partial charge in [0.15, 0.2) is 5.75 Å². The number of carbonyl (C=O) groups is 3. The number of fused-ring (bicyclic) bond motifs is 1. The molecule has 3 atom stereocenters. The summed E-state index contributed by atoms with van der Waals surface area (Å²) in [5.41, 5.74) is 10.6. The van der Waals surface area contributed by atoms with Gasteiger partial charge in [-0.15, -0.1) is 11.3 Å². The Morgan fingerprint density at radius 3 is 2.29 bits per heavy atom. The molecule has 52 heavy (non-hydrogen) atoms. The maximum atomic E-state index is 13.9. The Balaban J connectivity index is 1.20. The number of rotatable bonds is 11. The fraction of sp³-hybridized carbons (Fsp3) is 0.250. The van der Waals surface area contributed by atoms with Crippen LogP contribution in [0.1, 0.15) is 50.5 Å². The van der Waals surface area contributed by atoms with Crippen LogP contribution in [0.3, 0.4) is 0 Å². The summed E-state index contributed by atoms with van der Waals surface area (Å²) in [6, 6.07) is 26.4. The van der Waals surface area contributed by atoms with Gasteiger partial charge in [0.05, 0.1) is 35.3 Å². The number of aliphatic hydroxyl groups is 1. The minimum absolute atomic E-state index is 0.132. The number of anilines is 3. The Bertz CT molecular complexity index is 2020. The van der Waals surface area contributed by atoms with Gasteiger partial charge in [-0.2, -0.15) is 0 Å². The Kier molecular flexibility index (Phi) is 11.3. The van der Waals surface area contributed by atoms with Gasteiger partial charge in [-0.3, -0.25) is 19.3 Å². The molecule has 1 aliphatic rings. The molecule has 0 unspecified atom stereocenters. The predicted molar refractivity (Wildman–Crippen MR) is 205 cm³/mol. The summed E-state index contributed by atoms with van der Waals surface area (Å²) >= 11 is 1.52. The molecule has 12 heteroatoms. The van der Waals surface area contributed by atoms with E-state index in [2.05, 4.69) is 20.5 Å². The number of hydrogen-bond acceptors (Lipinski definition) is 9. The zero-order chi connectivity index (χ0) is 36.8. The first-order valence-electron chi connectivity index (χ1n) is 17.1. The van der Waals surface area contributed by atoms with Gasteiger partial charge in [-0.1, -0.05) is 49.4 Å². The number of nitrogens with one attached hydrogen (secondary N) is 2. The number of hydrogen-bond donors (Lipinski definition) is 4. The Morgan fingerprint density at radius 1 is 0.981 bits per heavy atom. The van der Waals surface area contributed by atoms with E-state index in [4.69, 9.17) is 10.5 Å². The van der Waals surface area contributed by atoms with Crippen molar-refractivity contribution in [3.05, 3.63) is 125 Å². The number of ether oxygens (including phenoxy) is 1. The molecule has 5 N–H and O–H groups in total. The number of nitrogens with zero attached hydrogens (tertiary/aromatic N) is 3. The van der Waals surface area contributed by atoms with Crippen LogP contribution in [0.15, 0.2) is 103 Å². The van der Waals surface area contributed by atoms with Gasteiger partial charge in [-0.05, 0) is 68.1 Å². The highest BCUT2D eigenvalue weighted by Crippen LogP contribution is 2.35. The zero-order valence-electron chi connectivity index (χ0n) is 29.3. The predicted octanol–water partition coefficient (Wildman–Crippen LogP) is 6.25. The first kappa shape index (κ1) is 36.2. The van der Waals surface area contributed by atoms with Crippen molar-refractivity contribution in [2.45, 2.75) is 32.5 Å². The van der Waals surface area contributed by atoms with E-state index in [-0.39, 0.29) is 42.1 Å². The Morgan fingerprint density at radius 2 is 1.63 bits per heavy atom. The second-order valence-electron chi connectivity index (χ2n) is 13.1. The molecule has 0 bridgehead atoms. The van der Waals surface area contributed by atoms with Crippen LogP contribution in [0, 0.1) is 5.92 Å². The minimum atomic E-state index is -0.428. The maximum Gasteiger partial charge on any atom is 0.258 e. The molecule has 0 spiro atoms. The van der Waals surface area contributed by atoms with Crippen LogP contribution in [-0.4, -0.2) is 76.5 Å². The molecule has 6 rings (SSSR count). The number of aromatic nitrogens is 1. The molecule has 0 saturated heterocycles. The van der Waals surface area contributed by atoms with Gasteiger partial charge in [0.2, 0.25) is 0 Å². The number of amides is 3. The highest BCUT2D eigenvalue weighted by Gasteiger charge is 2.34. The second kappa shape index (κ2) is 16.2. The van der Waals surface area contributed by atoms with Crippen LogP contribution in [0.2, 0.25) is 0 Å². The lowest BCUT2D eigenvalue weighted by Crippen LogP contribution is -2.49. The van der Waals surface area contributed by atoms with E-state index >= 15 is 0 Å². The molecular formula is C40H42N6O5S. The van der Waals surface area contributed by atoms with Crippen LogP contribution in [0.25, 0.3) is 10.6 Å². The standard InChI is InChI=1S/C40H42N6O5S/c1-25-21-46(26(2)24-47)40(50)31-7-6-10-34(44-38(49)29-15-17-30(18-16-29)39-42-19-20-52-39)36(31)51-35(25)23-45(3)22-27-11-13-28(14-12-27)37(48)43-33-9-5-4-8-32(33)41/h4-20,25-26,35,47H,21-24,41H2,1-3H3,(H,43,48)(H,44,49)/t25-,26-,35-/m0/s1. The van der Waals surface area contributed by atoms with Crippen LogP contribution < -0.4 is 21.1 Å². The average molecular weight is 719 g/mol. The van der Waals surface area contributed by atoms with Gasteiger partial charge in [-0.25, -0.2) is 4.98 Å². The van der Waals surface area contributed by atoms with Gasteiger partial charge in [0, 0.05) is 53.8 Å². The number of benzene rings is 4. The third-order valence-corrected chi connectivity index (χ3v) is 9.96. The highest BCUT2D eigenvalue weighted by atomic mass is 32.1. The van der Waals surface area contributed by atoms with E-state index in [1.807, 2.05) is 62.7 Å². The molecule has 4 aromatic carbocycles. The fourth-order valence-corrected chi connectivity index (χ4v) is 6.78. The highest BCUT2D eigenvalue weighted by molar-refractivity contribution is 7.13. The maximum absolute atomic E-state index is 13.9. The van der Waals surface area contributed by atoms with Crippen molar-refractivity contribution in [3.8, 4) is 16.3 Å². The Labute approximate surface area is 307 Å². The molecule has 1 aromatic heterocycles. The van der Waals surface area contributed by atoms with E-state index in [9.17, 15) is 19.5 Å². The number of thiazole rings is 1. The lowest BCUT2D eigenvalue weighted by atomic mass is 9.98. The molecule has 0 saturated carbocycles. The van der Waals surface area contributed by atoms with Crippen molar-refractivity contribution in [1.82, 2.24) is 14.8 Å². The van der Waals surface area contributed by atoms with Crippen LogP contribution in [0.5, 0.6) is 5.75 Å². The number of likely N-dealkylation sites (N-methyl/N-ethyl adjacent to an activating group) is 1. The molecule has 3 amide bonds. The monoisotopic (exact) mass is 718 g/mol. The molecule has 11 nitrogen and oxygen atoms in total. The fourth-order valence-electron chi connectivity index (χ4n) is 6.13. The molecule has 1 aliphatic heterocycles. The molecule has 0 radical (unpaired) electrons. The minimum Gasteiger partial charge on any atom is -0.486 e. The van der Waals surface area contributed by atoms with Crippen molar-refractivity contribution >= 4 is 46.1 Å². The number of nitrogen functional groups attached to an aromatic ring is 1. The average Bonchev–Trinajstić information content (AvgIpc) is 3.70. The second-order valence-corrected chi connectivity index (χ2v) is 14.0. The first-order valence-corrected chi connectivity index (χ1v) is 17.9. The number of para-hydroxylation sites is 3. The van der Waals surface area contributed by atoms with Crippen LogP contribution >= 0.6 is 11.3 Å². The van der Waals surface area contributed by atoms with Gasteiger partial charge >= 0.3 is 0 Å². The summed E-state index contributed by atoms with van der Waals surface area (Å²) in [6.45, 7) is 5.07. The van der Waals surface area contributed by atoms with Gasteiger partial charge < -0.3 is 31.1 Å². The number of carbonyl (C=O) groups excluding carboxylic acids is 3. The molecule has 268 valence electrons. The quantitative estimate of drug-likeness (QED) is 0.117. The van der Waals surface area contributed by atoms with E-state index < -0.39 is 6.04 Å². The van der Waals surface area contributed by atoms with E-state index in [0.717, 1.165) is 16.1 Å². The zero-order valence-corrected chi connectivity index (χ0v) is 30.1. The van der Waals surface area contributed by atoms with Gasteiger partial charge in [0.1, 0.15) is 11.1 Å². The van der Waals surface area contributed by atoms with Crippen molar-refractivity contribution in [3.63, 3.8) is 0 Å². The largest absolute Gasteiger partial charge is 0.486 e. The normalized spacial score (nSPS) is 16.3. The summed E-state index contributed by atoms with van der Waals surface area (Å²) < 4.78 is 6.71. The van der Waals surface area contributed by atoms with Crippen molar-refractivity contribution in [2.24, 2.45) is 5.92 Å². The van der Waals surface area contributed by atoms with Crippen molar-refractivity contribution in [1.29, 1.82) is 0 Å². The Hall–Kier alpha value is -5.56. The number of aliphatic hydroxyl groups excluding tert-OH is 1. The smallest absolute Gasteiger partial charge is 0.258 e. The molecule has 5 aromatic rings. The summed E-state index contributed by atoms with van der Waals surface area (Å²) in [6.07, 6.45) is 1.35. The van der Waals surface area contributed by atoms with E-state index in [1.54, 1.807) is 65.7 Å². The van der Waals surface area contributed by atoms with Crippen molar-refractivity contribution in [2.75, 3.05) is 43.1 Å². The van der Waals surface area contributed by atoms with Crippen LogP contribution in [-0.2, 0) is 6.54 Å². The molecule has 0 fully saturated rings. The topological polar surface area (TPSA) is 150 Å². The van der Waals surface area contributed by atoms with E-state index in [1.165, 1.54) is 11.3 Å². The summed E-state index contributed by atoms with van der Waals surface area (Å²) in [4.78, 5) is 48.4. The lowest BCUT2D eigenvalue weighted by Gasteiger charge is -2.38. The SMILES string of the molecule is C[C@H]1CN([C@@H](C)CO)C(=O)c2cccc(NC(=O)c3ccc(-c4nccs4)cc3)c2O[C@H]1CN(C)Cc1ccc(C(=O)Nc2ccccc2N)cc1. The molecule has 0 aliphatic carbocycles. The van der Waals surface area contributed by atoms with Gasteiger partial charge in [0.25, 0.3) is 17.7 Å².